The average molecular weight is 374 g/mol. The first-order chi connectivity index (χ1) is 13.0. The van der Waals surface area contributed by atoms with Gasteiger partial charge in [0.25, 0.3) is 0 Å². The first kappa shape index (κ1) is 18.6. The lowest BCUT2D eigenvalue weighted by atomic mass is 10.1. The Bertz CT molecular complexity index is 1050. The summed E-state index contributed by atoms with van der Waals surface area (Å²) in [6.45, 7) is 1.44. The maximum absolute atomic E-state index is 13.8. The van der Waals surface area contributed by atoms with Crippen LogP contribution in [0, 0.1) is 11.6 Å². The lowest BCUT2D eigenvalue weighted by Gasteiger charge is -2.12. The number of benzene rings is 2. The number of fused-ring (bicyclic) bond motifs is 1. The largest absolute Gasteiger partial charge is 0.496 e. The molecule has 0 amide bonds. The quantitative estimate of drug-likeness (QED) is 0.632. The fourth-order valence-corrected chi connectivity index (χ4v) is 2.71. The Morgan fingerprint density at radius 1 is 1.15 bits per heavy atom. The van der Waals surface area contributed by atoms with E-state index in [1.54, 1.807) is 6.07 Å². The summed E-state index contributed by atoms with van der Waals surface area (Å²) in [6, 6.07) is 7.55. The molecule has 0 aliphatic rings. The van der Waals surface area contributed by atoms with Crippen LogP contribution in [-0.4, -0.2) is 13.1 Å². The summed E-state index contributed by atoms with van der Waals surface area (Å²) in [5.41, 5.74) is -0.524. The molecule has 0 unspecified atom stereocenters. The van der Waals surface area contributed by atoms with Crippen LogP contribution in [0.3, 0.4) is 0 Å². The van der Waals surface area contributed by atoms with Gasteiger partial charge >= 0.3 is 5.97 Å². The molecule has 1 aromatic heterocycles. The van der Waals surface area contributed by atoms with Crippen LogP contribution in [0.15, 0.2) is 45.6 Å². The monoisotopic (exact) mass is 374 g/mol. The first-order valence-corrected chi connectivity index (χ1v) is 8.20. The summed E-state index contributed by atoms with van der Waals surface area (Å²) < 4.78 is 43.6. The van der Waals surface area contributed by atoms with Crippen LogP contribution in [0.4, 0.5) is 8.78 Å². The standard InChI is InChI=1S/C20H16F2O5/c1-3-11-9-16(23)12-7-8-17(25-2)13(19(12)27-11)10-26-20(24)18-14(21)5-4-6-15(18)22/h4-9H,3,10H2,1-2H3. The number of rotatable bonds is 5. The zero-order valence-corrected chi connectivity index (χ0v) is 14.7. The summed E-state index contributed by atoms with van der Waals surface area (Å²) in [4.78, 5) is 24.4. The molecule has 0 saturated heterocycles. The van der Waals surface area contributed by atoms with Crippen molar-refractivity contribution in [3.63, 3.8) is 0 Å². The predicted molar refractivity (Wildman–Crippen MR) is 93.9 cm³/mol. The van der Waals surface area contributed by atoms with E-state index in [0.29, 0.717) is 23.5 Å². The average Bonchev–Trinajstić information content (AvgIpc) is 2.65. The van der Waals surface area contributed by atoms with Crippen LogP contribution in [0.5, 0.6) is 5.75 Å². The SMILES string of the molecule is CCc1cc(=O)c2ccc(OC)c(COC(=O)c3c(F)cccc3F)c2o1. The lowest BCUT2D eigenvalue weighted by Crippen LogP contribution is -2.11. The normalized spacial score (nSPS) is 10.8. The molecule has 0 aliphatic heterocycles. The summed E-state index contributed by atoms with van der Waals surface area (Å²) >= 11 is 0. The Labute approximate surface area is 153 Å². The van der Waals surface area contributed by atoms with Gasteiger partial charge in [0.2, 0.25) is 0 Å². The number of ether oxygens (including phenoxy) is 2. The Morgan fingerprint density at radius 2 is 1.85 bits per heavy atom. The van der Waals surface area contributed by atoms with E-state index >= 15 is 0 Å². The van der Waals surface area contributed by atoms with Crippen LogP contribution in [0.2, 0.25) is 0 Å². The molecule has 3 aromatic rings. The van der Waals surface area contributed by atoms with Crippen LogP contribution < -0.4 is 10.2 Å². The third-order valence-electron chi connectivity index (χ3n) is 4.09. The van der Waals surface area contributed by atoms with Crippen molar-refractivity contribution in [1.82, 2.24) is 0 Å². The molecular formula is C20H16F2O5. The van der Waals surface area contributed by atoms with Gasteiger partial charge in [-0.1, -0.05) is 13.0 Å². The van der Waals surface area contributed by atoms with Crippen molar-refractivity contribution in [2.75, 3.05) is 7.11 Å². The maximum atomic E-state index is 13.8. The number of carbonyl (C=O) groups excluding carboxylic acids is 1. The summed E-state index contributed by atoms with van der Waals surface area (Å²) in [7, 11) is 1.41. The van der Waals surface area contributed by atoms with Gasteiger partial charge in [0.15, 0.2) is 5.43 Å². The molecule has 140 valence electrons. The topological polar surface area (TPSA) is 65.7 Å². The zero-order valence-electron chi connectivity index (χ0n) is 14.7. The highest BCUT2D eigenvalue weighted by Gasteiger charge is 2.21. The molecule has 3 rings (SSSR count). The minimum Gasteiger partial charge on any atom is -0.496 e. The van der Waals surface area contributed by atoms with Crippen molar-refractivity contribution in [2.45, 2.75) is 20.0 Å². The third-order valence-corrected chi connectivity index (χ3v) is 4.09. The maximum Gasteiger partial charge on any atom is 0.344 e. The van der Waals surface area contributed by atoms with Crippen LogP contribution in [-0.2, 0) is 17.8 Å². The van der Waals surface area contributed by atoms with Crippen molar-refractivity contribution in [2.24, 2.45) is 0 Å². The molecule has 2 aromatic carbocycles. The van der Waals surface area contributed by atoms with E-state index < -0.39 is 23.2 Å². The van der Waals surface area contributed by atoms with Gasteiger partial charge in [-0.2, -0.15) is 0 Å². The highest BCUT2D eigenvalue weighted by Crippen LogP contribution is 2.28. The van der Waals surface area contributed by atoms with Crippen LogP contribution >= 0.6 is 0 Å². The van der Waals surface area contributed by atoms with Gasteiger partial charge in [-0.25, -0.2) is 13.6 Å². The minimum atomic E-state index is -1.17. The zero-order chi connectivity index (χ0) is 19.6. The fourth-order valence-electron chi connectivity index (χ4n) is 2.71. The van der Waals surface area contributed by atoms with E-state index in [1.165, 1.54) is 19.2 Å². The molecule has 1 heterocycles. The number of esters is 1. The first-order valence-electron chi connectivity index (χ1n) is 8.20. The van der Waals surface area contributed by atoms with E-state index in [0.717, 1.165) is 18.2 Å². The van der Waals surface area contributed by atoms with Crippen molar-refractivity contribution < 1.29 is 27.5 Å². The van der Waals surface area contributed by atoms with Crippen molar-refractivity contribution in [1.29, 1.82) is 0 Å². The Hall–Kier alpha value is -3.22. The Kier molecular flexibility index (Phi) is 5.21. The molecule has 7 heteroatoms. The van der Waals surface area contributed by atoms with E-state index in [1.807, 2.05) is 6.92 Å². The molecule has 0 N–H and O–H groups in total. The third kappa shape index (κ3) is 3.53. The van der Waals surface area contributed by atoms with Crippen LogP contribution in [0.1, 0.15) is 28.6 Å². The molecule has 5 nitrogen and oxygen atoms in total. The minimum absolute atomic E-state index is 0.209. The van der Waals surface area contributed by atoms with Crippen molar-refractivity contribution in [3.8, 4) is 5.75 Å². The molecule has 0 radical (unpaired) electrons. The van der Waals surface area contributed by atoms with Crippen LogP contribution in [0.25, 0.3) is 11.0 Å². The second kappa shape index (κ2) is 7.57. The Balaban J connectivity index is 2.02. The van der Waals surface area contributed by atoms with Gasteiger partial charge in [-0.15, -0.1) is 0 Å². The van der Waals surface area contributed by atoms with Gasteiger partial charge in [-0.3, -0.25) is 4.79 Å². The van der Waals surface area contributed by atoms with Gasteiger partial charge in [0.05, 0.1) is 18.1 Å². The highest BCUT2D eigenvalue weighted by atomic mass is 19.1. The molecule has 0 fully saturated rings. The molecular weight excluding hydrogens is 358 g/mol. The molecule has 0 saturated carbocycles. The number of aryl methyl sites for hydroxylation is 1. The molecule has 0 aliphatic carbocycles. The smallest absolute Gasteiger partial charge is 0.344 e. The second-order valence-electron chi connectivity index (χ2n) is 5.73. The number of hydrogen-bond acceptors (Lipinski definition) is 5. The number of halogens is 2. The van der Waals surface area contributed by atoms with Gasteiger partial charge in [-0.05, 0) is 24.3 Å². The summed E-state index contributed by atoms with van der Waals surface area (Å²) in [5, 5.41) is 0.288. The van der Waals surface area contributed by atoms with Gasteiger partial charge in [0, 0.05) is 12.5 Å². The number of methoxy groups -OCH3 is 1. The molecule has 0 spiro atoms. The van der Waals surface area contributed by atoms with Crippen molar-refractivity contribution >= 4 is 16.9 Å². The fraction of sp³-hybridized carbons (Fsp3) is 0.200. The Morgan fingerprint density at radius 3 is 2.48 bits per heavy atom. The second-order valence-corrected chi connectivity index (χ2v) is 5.73. The highest BCUT2D eigenvalue weighted by molar-refractivity contribution is 5.90. The van der Waals surface area contributed by atoms with E-state index in [-0.39, 0.29) is 23.0 Å². The van der Waals surface area contributed by atoms with Gasteiger partial charge < -0.3 is 13.9 Å². The van der Waals surface area contributed by atoms with Gasteiger partial charge in [0.1, 0.15) is 40.9 Å². The van der Waals surface area contributed by atoms with E-state index in [2.05, 4.69) is 0 Å². The summed E-state index contributed by atoms with van der Waals surface area (Å²) in [5.74, 6) is -2.44. The number of hydrogen-bond donors (Lipinski definition) is 0. The molecule has 0 atom stereocenters. The van der Waals surface area contributed by atoms with E-state index in [4.69, 9.17) is 13.9 Å². The number of carbonyl (C=O) groups is 1. The van der Waals surface area contributed by atoms with Crippen molar-refractivity contribution in [3.05, 3.63) is 75.1 Å². The predicted octanol–water partition coefficient (Wildman–Crippen LogP) is 4.00. The lowest BCUT2D eigenvalue weighted by molar-refractivity contribution is 0.0459. The molecule has 27 heavy (non-hydrogen) atoms. The summed E-state index contributed by atoms with van der Waals surface area (Å²) in [6.07, 6.45) is 0.488. The molecule has 0 bridgehead atoms. The van der Waals surface area contributed by atoms with E-state index in [9.17, 15) is 18.4 Å².